The molecular formula is C21H14ClN3O4. The molecule has 0 saturated heterocycles. The van der Waals surface area contributed by atoms with Crippen LogP contribution in [0.1, 0.15) is 0 Å². The third kappa shape index (κ3) is 3.90. The normalized spacial score (nSPS) is 10.3. The minimum Gasteiger partial charge on any atom is -1.00 e. The molecule has 4 rings (SSSR count). The third-order valence-electron chi connectivity index (χ3n) is 4.56. The number of hydrogen-bond donors (Lipinski definition) is 0. The van der Waals surface area contributed by atoms with E-state index in [1.807, 2.05) is 48.5 Å². The first kappa shape index (κ1) is 19.9. The molecule has 0 aliphatic rings. The second kappa shape index (κ2) is 8.04. The van der Waals surface area contributed by atoms with E-state index in [4.69, 9.17) is 0 Å². The van der Waals surface area contributed by atoms with Crippen LogP contribution in [0.15, 0.2) is 85.2 Å². The number of aromatic nitrogens is 1. The zero-order valence-corrected chi connectivity index (χ0v) is 15.7. The summed E-state index contributed by atoms with van der Waals surface area (Å²) in [6.07, 6.45) is 3.41. The standard InChI is InChI=1S/C21H14N3O4.ClH/c25-23(26)19-7-8-20(21(14-19)24(27)28)22-11-9-16(10-12-22)18-6-5-15-3-1-2-4-17(15)13-18;/h1-14H;1H/q+1;/p-1. The van der Waals surface area contributed by atoms with Crippen molar-refractivity contribution in [3.63, 3.8) is 0 Å². The smallest absolute Gasteiger partial charge is 0.347 e. The number of nitro benzene ring substituents is 2. The monoisotopic (exact) mass is 407 g/mol. The van der Waals surface area contributed by atoms with Crippen molar-refractivity contribution in [2.75, 3.05) is 0 Å². The highest BCUT2D eigenvalue weighted by molar-refractivity contribution is 5.87. The minimum absolute atomic E-state index is 0. The number of nitrogens with zero attached hydrogens (tertiary/aromatic N) is 3. The summed E-state index contributed by atoms with van der Waals surface area (Å²) in [6.45, 7) is 0. The number of pyridine rings is 1. The lowest BCUT2D eigenvalue weighted by Crippen LogP contribution is -3.00. The molecule has 0 aliphatic heterocycles. The van der Waals surface area contributed by atoms with Crippen LogP contribution in [0.3, 0.4) is 0 Å². The van der Waals surface area contributed by atoms with Crippen molar-refractivity contribution in [1.82, 2.24) is 0 Å². The fourth-order valence-electron chi connectivity index (χ4n) is 3.14. The van der Waals surface area contributed by atoms with Gasteiger partial charge in [-0.15, -0.1) is 0 Å². The molecule has 8 heteroatoms. The average molecular weight is 408 g/mol. The third-order valence-corrected chi connectivity index (χ3v) is 4.56. The first-order valence-electron chi connectivity index (χ1n) is 8.46. The van der Waals surface area contributed by atoms with Gasteiger partial charge in [0.1, 0.15) is 6.07 Å². The Kier molecular flexibility index (Phi) is 5.52. The van der Waals surface area contributed by atoms with E-state index in [0.29, 0.717) is 0 Å². The van der Waals surface area contributed by atoms with E-state index in [1.54, 1.807) is 17.0 Å². The molecule has 0 fully saturated rings. The van der Waals surface area contributed by atoms with Gasteiger partial charge >= 0.3 is 5.69 Å². The Hall–Kier alpha value is -3.84. The molecule has 0 saturated carbocycles. The summed E-state index contributed by atoms with van der Waals surface area (Å²) in [5.41, 5.74) is 1.62. The predicted molar refractivity (Wildman–Crippen MR) is 104 cm³/mol. The summed E-state index contributed by atoms with van der Waals surface area (Å²) in [6, 6.07) is 21.5. The van der Waals surface area contributed by atoms with Crippen LogP contribution in [-0.4, -0.2) is 9.85 Å². The van der Waals surface area contributed by atoms with Crippen molar-refractivity contribution < 1.29 is 26.8 Å². The van der Waals surface area contributed by atoms with E-state index in [2.05, 4.69) is 6.07 Å². The number of fused-ring (bicyclic) bond motifs is 1. The number of halogens is 1. The van der Waals surface area contributed by atoms with Gasteiger partial charge in [0.15, 0.2) is 12.4 Å². The molecule has 1 aromatic heterocycles. The van der Waals surface area contributed by atoms with Crippen LogP contribution in [0.25, 0.3) is 27.6 Å². The first-order chi connectivity index (χ1) is 13.5. The van der Waals surface area contributed by atoms with Crippen LogP contribution in [0, 0.1) is 20.2 Å². The van der Waals surface area contributed by atoms with E-state index in [9.17, 15) is 20.2 Å². The Morgan fingerprint density at radius 1 is 0.690 bits per heavy atom. The van der Waals surface area contributed by atoms with Gasteiger partial charge in [0.2, 0.25) is 0 Å². The highest BCUT2D eigenvalue weighted by atomic mass is 35.5. The van der Waals surface area contributed by atoms with Gasteiger partial charge in [-0.25, -0.2) is 0 Å². The average Bonchev–Trinajstić information content (AvgIpc) is 2.73. The highest BCUT2D eigenvalue weighted by Gasteiger charge is 2.26. The molecule has 1 heterocycles. The number of hydrogen-bond acceptors (Lipinski definition) is 4. The molecule has 29 heavy (non-hydrogen) atoms. The lowest BCUT2D eigenvalue weighted by atomic mass is 10.0. The fourth-order valence-corrected chi connectivity index (χ4v) is 3.14. The maximum atomic E-state index is 11.4. The van der Waals surface area contributed by atoms with Crippen molar-refractivity contribution in [2.45, 2.75) is 0 Å². The Labute approximate surface area is 171 Å². The van der Waals surface area contributed by atoms with Gasteiger partial charge < -0.3 is 12.4 Å². The first-order valence-corrected chi connectivity index (χ1v) is 8.46. The Morgan fingerprint density at radius 3 is 2.03 bits per heavy atom. The molecule has 144 valence electrons. The number of benzene rings is 3. The van der Waals surface area contributed by atoms with E-state index in [-0.39, 0.29) is 29.5 Å². The summed E-state index contributed by atoms with van der Waals surface area (Å²) >= 11 is 0. The molecule has 0 aliphatic carbocycles. The molecular weight excluding hydrogens is 394 g/mol. The zero-order chi connectivity index (χ0) is 19.7. The summed E-state index contributed by atoms with van der Waals surface area (Å²) in [7, 11) is 0. The lowest BCUT2D eigenvalue weighted by Gasteiger charge is -2.04. The van der Waals surface area contributed by atoms with Gasteiger partial charge in [0.05, 0.1) is 9.85 Å². The summed E-state index contributed by atoms with van der Waals surface area (Å²) in [5.74, 6) is 0. The van der Waals surface area contributed by atoms with Crippen LogP contribution in [0.5, 0.6) is 0 Å². The van der Waals surface area contributed by atoms with Gasteiger partial charge in [-0.1, -0.05) is 36.4 Å². The molecule has 0 N–H and O–H groups in total. The molecule has 0 unspecified atom stereocenters. The second-order valence-corrected chi connectivity index (χ2v) is 6.24. The fraction of sp³-hybridized carbons (Fsp3) is 0. The highest BCUT2D eigenvalue weighted by Crippen LogP contribution is 2.26. The van der Waals surface area contributed by atoms with Crippen LogP contribution in [-0.2, 0) is 0 Å². The lowest BCUT2D eigenvalue weighted by molar-refractivity contribution is -0.600. The van der Waals surface area contributed by atoms with Crippen molar-refractivity contribution in [3.05, 3.63) is 105 Å². The number of nitro groups is 2. The molecule has 7 nitrogen and oxygen atoms in total. The molecule has 0 atom stereocenters. The van der Waals surface area contributed by atoms with Crippen molar-refractivity contribution in [1.29, 1.82) is 0 Å². The Morgan fingerprint density at radius 2 is 1.38 bits per heavy atom. The van der Waals surface area contributed by atoms with Crippen molar-refractivity contribution >= 4 is 22.1 Å². The largest absolute Gasteiger partial charge is 1.00 e. The molecule has 0 amide bonds. The van der Waals surface area contributed by atoms with Crippen LogP contribution < -0.4 is 17.0 Å². The molecule has 0 spiro atoms. The summed E-state index contributed by atoms with van der Waals surface area (Å²) in [4.78, 5) is 21.0. The van der Waals surface area contributed by atoms with E-state index in [0.717, 1.165) is 28.0 Å². The molecule has 0 bridgehead atoms. The Bertz CT molecular complexity index is 1230. The minimum atomic E-state index is -0.649. The Balaban J connectivity index is 0.00000240. The topological polar surface area (TPSA) is 90.2 Å². The molecule has 3 aromatic carbocycles. The van der Waals surface area contributed by atoms with Gasteiger partial charge in [-0.05, 0) is 28.0 Å². The van der Waals surface area contributed by atoms with Gasteiger partial charge in [-0.2, -0.15) is 4.57 Å². The zero-order valence-electron chi connectivity index (χ0n) is 14.9. The van der Waals surface area contributed by atoms with E-state index in [1.165, 1.54) is 12.1 Å². The van der Waals surface area contributed by atoms with Crippen LogP contribution in [0.2, 0.25) is 0 Å². The number of rotatable bonds is 4. The molecule has 4 aromatic rings. The van der Waals surface area contributed by atoms with Crippen LogP contribution >= 0.6 is 0 Å². The second-order valence-electron chi connectivity index (χ2n) is 6.24. The van der Waals surface area contributed by atoms with E-state index >= 15 is 0 Å². The van der Waals surface area contributed by atoms with Crippen molar-refractivity contribution in [3.8, 4) is 16.8 Å². The number of non-ortho nitro benzene ring substituents is 1. The SMILES string of the molecule is O=[N+]([O-])c1ccc(-[n+]2ccc(-c3ccc4ccccc4c3)cc2)c([N+](=O)[O-])c1.[Cl-]. The predicted octanol–water partition coefficient (Wildman–Crippen LogP) is 1.60. The molecule has 0 radical (unpaired) electrons. The van der Waals surface area contributed by atoms with E-state index < -0.39 is 9.85 Å². The van der Waals surface area contributed by atoms with Crippen LogP contribution in [0.4, 0.5) is 11.4 Å². The maximum Gasteiger partial charge on any atom is 0.347 e. The summed E-state index contributed by atoms with van der Waals surface area (Å²) < 4.78 is 1.58. The van der Waals surface area contributed by atoms with Crippen molar-refractivity contribution in [2.24, 2.45) is 0 Å². The summed E-state index contributed by atoms with van der Waals surface area (Å²) in [5, 5.41) is 24.5. The maximum absolute atomic E-state index is 11.4. The van der Waals surface area contributed by atoms with Gasteiger partial charge in [0, 0.05) is 24.3 Å². The van der Waals surface area contributed by atoms with Gasteiger partial charge in [-0.3, -0.25) is 20.2 Å². The van der Waals surface area contributed by atoms with Gasteiger partial charge in [0.25, 0.3) is 11.4 Å². The quantitative estimate of drug-likeness (QED) is 0.292.